The van der Waals surface area contributed by atoms with Gasteiger partial charge in [0.2, 0.25) is 5.91 Å². The number of carbonyl (C=O) groups excluding carboxylic acids is 2. The highest BCUT2D eigenvalue weighted by atomic mass is 32.1. The molecule has 0 bridgehead atoms. The first kappa shape index (κ1) is 21.8. The number of rotatable bonds is 6. The number of hydrogen-bond donors (Lipinski definition) is 1. The summed E-state index contributed by atoms with van der Waals surface area (Å²) in [6, 6.07) is 0. The molecule has 2 saturated heterocycles. The standard InChI is InChI=1S/C23H36N4O2S/c28-21(24-11-16-26-12-5-2-6-13-26)20-17-30-22(25-20)18-9-14-27(15-10-18)23(29)19-7-3-1-4-8-19/h17-19H,1-16H2,(H,24,28). The molecule has 0 atom stereocenters. The summed E-state index contributed by atoms with van der Waals surface area (Å²) in [5.41, 5.74) is 0.550. The molecule has 3 aliphatic rings. The second-order valence-corrected chi connectivity index (χ2v) is 10.1. The van der Waals surface area contributed by atoms with Gasteiger partial charge in [-0.2, -0.15) is 0 Å². The minimum absolute atomic E-state index is 0.0561. The zero-order chi connectivity index (χ0) is 20.8. The lowest BCUT2D eigenvalue weighted by Crippen LogP contribution is -2.41. The van der Waals surface area contributed by atoms with E-state index in [-0.39, 0.29) is 11.8 Å². The number of amides is 2. The molecule has 4 rings (SSSR count). The summed E-state index contributed by atoms with van der Waals surface area (Å²) in [6.07, 6.45) is 11.6. The van der Waals surface area contributed by atoms with Crippen molar-refractivity contribution in [3.05, 3.63) is 16.1 Å². The van der Waals surface area contributed by atoms with Gasteiger partial charge in [0.05, 0.1) is 5.01 Å². The minimum Gasteiger partial charge on any atom is -0.349 e. The maximum absolute atomic E-state index is 12.8. The molecule has 3 fully saturated rings. The van der Waals surface area contributed by atoms with Gasteiger partial charge in [0.25, 0.3) is 5.91 Å². The third-order valence-corrected chi connectivity index (χ3v) is 8.03. The van der Waals surface area contributed by atoms with E-state index in [0.717, 1.165) is 63.4 Å². The van der Waals surface area contributed by atoms with Crippen LogP contribution in [0.3, 0.4) is 0 Å². The monoisotopic (exact) mass is 432 g/mol. The molecule has 6 nitrogen and oxygen atoms in total. The molecule has 1 aliphatic carbocycles. The van der Waals surface area contributed by atoms with Gasteiger partial charge in [-0.15, -0.1) is 11.3 Å². The fourth-order valence-corrected chi connectivity index (χ4v) is 6.11. The first-order valence-corrected chi connectivity index (χ1v) is 12.8. The van der Waals surface area contributed by atoms with Crippen molar-refractivity contribution in [2.75, 3.05) is 39.3 Å². The predicted octanol–water partition coefficient (Wildman–Crippen LogP) is 3.65. The van der Waals surface area contributed by atoms with E-state index >= 15 is 0 Å². The zero-order valence-corrected chi connectivity index (χ0v) is 18.9. The molecule has 1 aromatic heterocycles. The van der Waals surface area contributed by atoms with E-state index in [1.54, 1.807) is 11.3 Å². The van der Waals surface area contributed by atoms with Crippen LogP contribution in [0.2, 0.25) is 0 Å². The summed E-state index contributed by atoms with van der Waals surface area (Å²) in [4.78, 5) is 34.4. The Balaban J connectivity index is 1.21. The van der Waals surface area contributed by atoms with Crippen LogP contribution in [0.4, 0.5) is 0 Å². The zero-order valence-electron chi connectivity index (χ0n) is 18.1. The Morgan fingerprint density at radius 3 is 2.40 bits per heavy atom. The molecule has 3 heterocycles. The van der Waals surface area contributed by atoms with Gasteiger partial charge in [-0.1, -0.05) is 25.7 Å². The van der Waals surface area contributed by atoms with E-state index in [9.17, 15) is 9.59 Å². The average molecular weight is 433 g/mol. The molecule has 7 heteroatoms. The number of nitrogens with one attached hydrogen (secondary N) is 1. The smallest absolute Gasteiger partial charge is 0.270 e. The SMILES string of the molecule is O=C(NCCN1CCCCC1)c1csc(C2CCN(C(=O)C3CCCCC3)CC2)n1. The first-order valence-electron chi connectivity index (χ1n) is 12.0. The number of thiazole rings is 1. The fourth-order valence-electron chi connectivity index (χ4n) is 5.14. The van der Waals surface area contributed by atoms with E-state index in [2.05, 4.69) is 20.1 Å². The van der Waals surface area contributed by atoms with Crippen LogP contribution >= 0.6 is 11.3 Å². The van der Waals surface area contributed by atoms with Crippen LogP contribution in [-0.2, 0) is 4.79 Å². The maximum Gasteiger partial charge on any atom is 0.270 e. The van der Waals surface area contributed by atoms with E-state index in [4.69, 9.17) is 0 Å². The summed E-state index contributed by atoms with van der Waals surface area (Å²) < 4.78 is 0. The van der Waals surface area contributed by atoms with Gasteiger partial charge in [0, 0.05) is 43.4 Å². The van der Waals surface area contributed by atoms with Gasteiger partial charge >= 0.3 is 0 Å². The Kier molecular flexibility index (Phi) is 7.77. The summed E-state index contributed by atoms with van der Waals surface area (Å²) in [5, 5.41) is 5.98. The number of aromatic nitrogens is 1. The van der Waals surface area contributed by atoms with Crippen LogP contribution in [0, 0.1) is 5.92 Å². The van der Waals surface area contributed by atoms with Crippen molar-refractivity contribution >= 4 is 23.2 Å². The highest BCUT2D eigenvalue weighted by Crippen LogP contribution is 2.32. The van der Waals surface area contributed by atoms with Gasteiger partial charge in [-0.3, -0.25) is 9.59 Å². The molecular weight excluding hydrogens is 396 g/mol. The summed E-state index contributed by atoms with van der Waals surface area (Å²) in [5.74, 6) is 0.955. The Morgan fingerprint density at radius 1 is 0.967 bits per heavy atom. The molecule has 1 saturated carbocycles. The summed E-state index contributed by atoms with van der Waals surface area (Å²) in [6.45, 7) is 5.58. The van der Waals surface area contributed by atoms with E-state index in [0.29, 0.717) is 24.1 Å². The van der Waals surface area contributed by atoms with Crippen LogP contribution in [0.5, 0.6) is 0 Å². The van der Waals surface area contributed by atoms with Crippen LogP contribution in [-0.4, -0.2) is 65.9 Å². The summed E-state index contributed by atoms with van der Waals surface area (Å²) in [7, 11) is 0. The molecule has 30 heavy (non-hydrogen) atoms. The third-order valence-electron chi connectivity index (χ3n) is 7.03. The van der Waals surface area contributed by atoms with Crippen molar-refractivity contribution in [3.8, 4) is 0 Å². The molecule has 166 valence electrons. The Morgan fingerprint density at radius 2 is 1.67 bits per heavy atom. The van der Waals surface area contributed by atoms with E-state index in [1.807, 2.05) is 5.38 Å². The fraction of sp³-hybridized carbons (Fsp3) is 0.783. The molecule has 2 amide bonds. The molecule has 0 radical (unpaired) electrons. The molecule has 0 aromatic carbocycles. The first-order chi connectivity index (χ1) is 14.7. The van der Waals surface area contributed by atoms with Crippen LogP contribution in [0.25, 0.3) is 0 Å². The Hall–Kier alpha value is -1.47. The number of hydrogen-bond acceptors (Lipinski definition) is 5. The number of nitrogens with zero attached hydrogens (tertiary/aromatic N) is 3. The maximum atomic E-state index is 12.8. The topological polar surface area (TPSA) is 65.5 Å². The van der Waals surface area contributed by atoms with Crippen molar-refractivity contribution < 1.29 is 9.59 Å². The van der Waals surface area contributed by atoms with Crippen LogP contribution in [0.1, 0.15) is 85.6 Å². The van der Waals surface area contributed by atoms with Gasteiger partial charge in [-0.05, 0) is 51.6 Å². The molecule has 2 aliphatic heterocycles. The molecular formula is C23H36N4O2S. The largest absolute Gasteiger partial charge is 0.349 e. The lowest BCUT2D eigenvalue weighted by Gasteiger charge is -2.34. The molecule has 0 spiro atoms. The van der Waals surface area contributed by atoms with Gasteiger partial charge < -0.3 is 15.1 Å². The van der Waals surface area contributed by atoms with Crippen molar-refractivity contribution in [1.82, 2.24) is 20.1 Å². The predicted molar refractivity (Wildman–Crippen MR) is 120 cm³/mol. The minimum atomic E-state index is -0.0561. The number of carbonyl (C=O) groups is 2. The lowest BCUT2D eigenvalue weighted by molar-refractivity contribution is -0.137. The van der Waals surface area contributed by atoms with Crippen LogP contribution in [0.15, 0.2) is 5.38 Å². The van der Waals surface area contributed by atoms with Gasteiger partial charge in [0.1, 0.15) is 5.69 Å². The second-order valence-electron chi connectivity index (χ2n) is 9.16. The number of piperidine rings is 2. The normalized spacial score (nSPS) is 22.2. The van der Waals surface area contributed by atoms with Gasteiger partial charge in [-0.25, -0.2) is 4.98 Å². The third kappa shape index (κ3) is 5.61. The van der Waals surface area contributed by atoms with Crippen molar-refractivity contribution in [2.24, 2.45) is 5.92 Å². The molecule has 0 unspecified atom stereocenters. The van der Waals surface area contributed by atoms with E-state index in [1.165, 1.54) is 38.5 Å². The Bertz CT molecular complexity index is 702. The number of likely N-dealkylation sites (tertiary alicyclic amines) is 2. The second kappa shape index (κ2) is 10.7. The Labute approximate surface area is 184 Å². The van der Waals surface area contributed by atoms with Crippen molar-refractivity contribution in [2.45, 2.75) is 70.1 Å². The lowest BCUT2D eigenvalue weighted by atomic mass is 9.87. The highest BCUT2D eigenvalue weighted by Gasteiger charge is 2.30. The van der Waals surface area contributed by atoms with Gasteiger partial charge in [0.15, 0.2) is 0 Å². The molecule has 1 aromatic rings. The van der Waals surface area contributed by atoms with E-state index < -0.39 is 0 Å². The van der Waals surface area contributed by atoms with Crippen molar-refractivity contribution in [1.29, 1.82) is 0 Å². The average Bonchev–Trinajstić information content (AvgIpc) is 3.30. The van der Waals surface area contributed by atoms with Crippen molar-refractivity contribution in [3.63, 3.8) is 0 Å². The quantitative estimate of drug-likeness (QED) is 0.745. The molecule has 1 N–H and O–H groups in total. The summed E-state index contributed by atoms with van der Waals surface area (Å²) >= 11 is 1.60. The highest BCUT2D eigenvalue weighted by molar-refractivity contribution is 7.09. The van der Waals surface area contributed by atoms with Crippen LogP contribution < -0.4 is 5.32 Å².